The third-order valence-electron chi connectivity index (χ3n) is 5.96. The zero-order chi connectivity index (χ0) is 25.2. The number of halogens is 1. The molecule has 0 radical (unpaired) electrons. The molecule has 3 aromatic rings. The van der Waals surface area contributed by atoms with E-state index in [-0.39, 0.29) is 18.9 Å². The number of amides is 1. The highest BCUT2D eigenvalue weighted by Crippen LogP contribution is 2.44. The second-order valence-electron chi connectivity index (χ2n) is 9.68. The van der Waals surface area contributed by atoms with Crippen LogP contribution >= 0.6 is 0 Å². The fourth-order valence-electron chi connectivity index (χ4n) is 4.36. The van der Waals surface area contributed by atoms with Crippen molar-refractivity contribution in [1.82, 2.24) is 9.88 Å². The van der Waals surface area contributed by atoms with Gasteiger partial charge < -0.3 is 9.47 Å². The van der Waals surface area contributed by atoms with Gasteiger partial charge in [0.15, 0.2) is 0 Å². The van der Waals surface area contributed by atoms with Gasteiger partial charge in [-0.05, 0) is 54.7 Å². The second-order valence-corrected chi connectivity index (χ2v) is 9.68. The molecule has 182 valence electrons. The molecule has 6 nitrogen and oxygen atoms in total. The molecule has 0 N–H and O–H groups in total. The van der Waals surface area contributed by atoms with Crippen LogP contribution in [-0.4, -0.2) is 47.2 Å². The summed E-state index contributed by atoms with van der Waals surface area (Å²) >= 11 is 0. The molecular weight excluding hydrogens is 447 g/mol. The number of likely N-dealkylation sites (N-methyl/N-ethyl adjacent to an activating group) is 1. The molecule has 4 rings (SSSR count). The number of fused-ring (bicyclic) bond motifs is 3. The van der Waals surface area contributed by atoms with Crippen molar-refractivity contribution in [2.45, 2.75) is 44.8 Å². The summed E-state index contributed by atoms with van der Waals surface area (Å²) in [6, 6.07) is 16.4. The van der Waals surface area contributed by atoms with Gasteiger partial charge >= 0.3 is 12.1 Å². The molecule has 2 aromatic carbocycles. The van der Waals surface area contributed by atoms with E-state index in [4.69, 9.17) is 9.47 Å². The van der Waals surface area contributed by atoms with Crippen molar-refractivity contribution in [3.05, 3.63) is 89.5 Å². The predicted molar refractivity (Wildman–Crippen MR) is 130 cm³/mol. The van der Waals surface area contributed by atoms with Crippen molar-refractivity contribution < 1.29 is 23.5 Å². The lowest BCUT2D eigenvalue weighted by atomic mass is 9.98. The summed E-state index contributed by atoms with van der Waals surface area (Å²) in [7, 11) is 1.49. The number of hydrogen-bond acceptors (Lipinski definition) is 5. The first-order chi connectivity index (χ1) is 16.6. The Hall–Kier alpha value is -3.74. The van der Waals surface area contributed by atoms with Gasteiger partial charge in [0.05, 0.1) is 6.20 Å². The normalized spacial score (nSPS) is 13.5. The van der Waals surface area contributed by atoms with Crippen LogP contribution < -0.4 is 0 Å². The number of nitrogens with zero attached hydrogens (tertiary/aromatic N) is 2. The van der Waals surface area contributed by atoms with Crippen LogP contribution in [0.4, 0.5) is 9.18 Å². The van der Waals surface area contributed by atoms with Gasteiger partial charge in [0.2, 0.25) is 0 Å². The summed E-state index contributed by atoms with van der Waals surface area (Å²) in [6.07, 6.45) is 1.93. The second kappa shape index (κ2) is 9.86. The van der Waals surface area contributed by atoms with Crippen LogP contribution in [0.3, 0.4) is 0 Å². The Morgan fingerprint density at radius 2 is 1.63 bits per heavy atom. The van der Waals surface area contributed by atoms with Gasteiger partial charge in [-0.15, -0.1) is 0 Å². The SMILES string of the molecule is CN(C(=O)OCC1c2ccccc2-c2ccccc21)C(Cc1cncc(F)c1)C(=O)OC(C)(C)C. The molecule has 0 fully saturated rings. The molecule has 0 bridgehead atoms. The van der Waals surface area contributed by atoms with Crippen LogP contribution in [0.15, 0.2) is 67.0 Å². The van der Waals surface area contributed by atoms with Gasteiger partial charge in [-0.3, -0.25) is 9.88 Å². The largest absolute Gasteiger partial charge is 0.458 e. The van der Waals surface area contributed by atoms with Crippen molar-refractivity contribution >= 4 is 12.1 Å². The topological polar surface area (TPSA) is 68.7 Å². The average Bonchev–Trinajstić information content (AvgIpc) is 3.13. The van der Waals surface area contributed by atoms with Crippen LogP contribution in [0.1, 0.15) is 43.4 Å². The van der Waals surface area contributed by atoms with Crippen molar-refractivity contribution in [1.29, 1.82) is 0 Å². The summed E-state index contributed by atoms with van der Waals surface area (Å²) in [5, 5.41) is 0. The average molecular weight is 477 g/mol. The van der Waals surface area contributed by atoms with E-state index >= 15 is 0 Å². The highest BCUT2D eigenvalue weighted by Gasteiger charge is 2.34. The Morgan fingerprint density at radius 3 is 2.20 bits per heavy atom. The molecular formula is C28H29FN2O4. The Labute approximate surface area is 204 Å². The van der Waals surface area contributed by atoms with Crippen molar-refractivity contribution in [2.75, 3.05) is 13.7 Å². The first-order valence-corrected chi connectivity index (χ1v) is 11.5. The summed E-state index contributed by atoms with van der Waals surface area (Å²) in [6.45, 7) is 5.37. The van der Waals surface area contributed by atoms with E-state index in [9.17, 15) is 14.0 Å². The molecule has 1 amide bonds. The highest BCUT2D eigenvalue weighted by molar-refractivity contribution is 5.82. The number of rotatable bonds is 6. The molecule has 0 spiro atoms. The Morgan fingerprint density at radius 1 is 1.03 bits per heavy atom. The molecule has 1 heterocycles. The molecule has 1 unspecified atom stereocenters. The van der Waals surface area contributed by atoms with E-state index in [1.807, 2.05) is 36.4 Å². The van der Waals surface area contributed by atoms with Crippen LogP contribution in [0, 0.1) is 5.82 Å². The van der Waals surface area contributed by atoms with Gasteiger partial charge in [-0.25, -0.2) is 14.0 Å². The van der Waals surface area contributed by atoms with Crippen LogP contribution in [0.5, 0.6) is 0 Å². The molecule has 1 atom stereocenters. The summed E-state index contributed by atoms with van der Waals surface area (Å²) < 4.78 is 25.0. The lowest BCUT2D eigenvalue weighted by Crippen LogP contribution is -2.47. The summed E-state index contributed by atoms with van der Waals surface area (Å²) in [5.41, 5.74) is 4.17. The zero-order valence-corrected chi connectivity index (χ0v) is 20.3. The number of aromatic nitrogens is 1. The maximum Gasteiger partial charge on any atom is 0.410 e. The first kappa shape index (κ1) is 24.4. The molecule has 1 aromatic heterocycles. The van der Waals surface area contributed by atoms with E-state index in [1.54, 1.807) is 20.8 Å². The lowest BCUT2D eigenvalue weighted by molar-refractivity contribution is -0.160. The maximum atomic E-state index is 13.7. The van der Waals surface area contributed by atoms with E-state index < -0.39 is 29.5 Å². The minimum Gasteiger partial charge on any atom is -0.458 e. The number of ether oxygens (including phenoxy) is 2. The molecule has 35 heavy (non-hydrogen) atoms. The molecule has 7 heteroatoms. The number of carbonyl (C=O) groups excluding carboxylic acids is 2. The molecule has 1 aliphatic rings. The maximum absolute atomic E-state index is 13.7. The van der Waals surface area contributed by atoms with Gasteiger partial charge in [0.1, 0.15) is 24.1 Å². The Kier molecular flexibility index (Phi) is 6.87. The lowest BCUT2D eigenvalue weighted by Gasteiger charge is -2.30. The van der Waals surface area contributed by atoms with E-state index in [0.29, 0.717) is 5.56 Å². The van der Waals surface area contributed by atoms with E-state index in [0.717, 1.165) is 28.5 Å². The highest BCUT2D eigenvalue weighted by atomic mass is 19.1. The fourth-order valence-corrected chi connectivity index (χ4v) is 4.36. The number of pyridine rings is 1. The molecule has 0 saturated carbocycles. The van der Waals surface area contributed by atoms with Gasteiger partial charge in [-0.2, -0.15) is 0 Å². The number of hydrogen-bond donors (Lipinski definition) is 0. The smallest absolute Gasteiger partial charge is 0.410 e. The zero-order valence-electron chi connectivity index (χ0n) is 20.3. The van der Waals surface area contributed by atoms with Crippen LogP contribution in [0.25, 0.3) is 11.1 Å². The van der Waals surface area contributed by atoms with Gasteiger partial charge in [-0.1, -0.05) is 48.5 Å². The Balaban J connectivity index is 1.52. The van der Waals surface area contributed by atoms with E-state index in [2.05, 4.69) is 17.1 Å². The molecule has 0 aliphatic heterocycles. The van der Waals surface area contributed by atoms with Gasteiger partial charge in [0.25, 0.3) is 0 Å². The first-order valence-electron chi connectivity index (χ1n) is 11.5. The van der Waals surface area contributed by atoms with Crippen molar-refractivity contribution in [3.63, 3.8) is 0 Å². The number of carbonyl (C=O) groups is 2. The standard InChI is InChI=1S/C28H29FN2O4/c1-28(2,3)35-26(32)25(14-18-13-19(29)16-30-15-18)31(4)27(33)34-17-24-22-11-7-5-9-20(22)21-10-6-8-12-23(21)24/h5-13,15-16,24-25H,14,17H2,1-4H3. The number of esters is 1. The van der Waals surface area contributed by atoms with E-state index in [1.165, 1.54) is 24.2 Å². The van der Waals surface area contributed by atoms with Crippen molar-refractivity contribution in [3.8, 4) is 11.1 Å². The van der Waals surface area contributed by atoms with Crippen LogP contribution in [-0.2, 0) is 20.7 Å². The summed E-state index contributed by atoms with van der Waals surface area (Å²) in [4.78, 5) is 31.2. The quantitative estimate of drug-likeness (QED) is 0.449. The molecule has 1 aliphatic carbocycles. The van der Waals surface area contributed by atoms with Crippen LogP contribution in [0.2, 0.25) is 0 Å². The third-order valence-corrected chi connectivity index (χ3v) is 5.96. The molecule has 0 saturated heterocycles. The minimum atomic E-state index is -1.01. The monoisotopic (exact) mass is 476 g/mol. The van der Waals surface area contributed by atoms with Gasteiger partial charge in [0, 0.05) is 25.6 Å². The summed E-state index contributed by atoms with van der Waals surface area (Å²) in [5.74, 6) is -1.22. The predicted octanol–water partition coefficient (Wildman–Crippen LogP) is 5.35. The minimum absolute atomic E-state index is 0.0420. The third kappa shape index (κ3) is 5.50. The Bertz CT molecular complexity index is 1190. The number of benzene rings is 2. The fraction of sp³-hybridized carbons (Fsp3) is 0.321. The van der Waals surface area contributed by atoms with Crippen molar-refractivity contribution in [2.24, 2.45) is 0 Å².